The molecule has 13 heteroatoms. The molecule has 5 N–H and O–H groups in total. The van der Waals surface area contributed by atoms with Gasteiger partial charge in [-0.2, -0.15) is 0 Å². The maximum atomic E-state index is 14.2. The number of anilines is 1. The van der Waals surface area contributed by atoms with Crippen LogP contribution in [-0.4, -0.2) is 95.1 Å². The Morgan fingerprint density at radius 1 is 0.797 bits per heavy atom. The number of nitrogens with two attached hydrogens (primary N) is 2. The first kappa shape index (κ1) is 49.7. The van der Waals surface area contributed by atoms with E-state index in [4.69, 9.17) is 11.5 Å². The maximum absolute atomic E-state index is 14.2. The number of Topliss-reactive ketones (excluding diaryl/α,β-unsaturated/α-hetero) is 1. The average molecular weight is 931 g/mol. The normalized spacial score (nSPS) is 16.7. The largest absolute Gasteiger partial charge is 0.387 e. The molecule has 1 atom stereocenters. The zero-order valence-corrected chi connectivity index (χ0v) is 40.6. The minimum Gasteiger partial charge on any atom is -0.387 e. The van der Waals surface area contributed by atoms with E-state index in [1.165, 1.54) is 5.57 Å². The van der Waals surface area contributed by atoms with Crippen LogP contribution in [0.15, 0.2) is 112 Å². The first-order valence-corrected chi connectivity index (χ1v) is 24.5. The van der Waals surface area contributed by atoms with Crippen LogP contribution in [0.25, 0.3) is 12.2 Å². The van der Waals surface area contributed by atoms with Crippen LogP contribution >= 0.6 is 0 Å². The van der Waals surface area contributed by atoms with Gasteiger partial charge < -0.3 is 31.5 Å². The molecule has 13 nitrogen and oxygen atoms in total. The summed E-state index contributed by atoms with van der Waals surface area (Å²) >= 11 is 0. The van der Waals surface area contributed by atoms with E-state index in [0.29, 0.717) is 121 Å². The zero-order chi connectivity index (χ0) is 49.2. The first-order chi connectivity index (χ1) is 33.3. The van der Waals surface area contributed by atoms with E-state index in [1.807, 2.05) is 78.0 Å². The molecule has 3 aromatic rings. The van der Waals surface area contributed by atoms with Crippen LogP contribution in [0, 0.1) is 5.92 Å². The quantitative estimate of drug-likeness (QED) is 0.113. The Bertz CT molecular complexity index is 2720. The van der Waals surface area contributed by atoms with Gasteiger partial charge in [-0.1, -0.05) is 69.4 Å². The van der Waals surface area contributed by atoms with Gasteiger partial charge in [0.2, 0.25) is 11.8 Å². The molecular weight excluding hydrogens is 865 g/mol. The number of benzene rings is 3. The Morgan fingerprint density at radius 2 is 1.39 bits per heavy atom. The summed E-state index contributed by atoms with van der Waals surface area (Å²) in [6.07, 6.45) is 15.6. The molecule has 3 aliphatic heterocycles. The highest BCUT2D eigenvalue weighted by Crippen LogP contribution is 2.34. The van der Waals surface area contributed by atoms with Crippen molar-refractivity contribution in [2.45, 2.75) is 91.9 Å². The number of hydrogen-bond donors (Lipinski definition) is 3. The number of allylic oxidation sites excluding steroid dienone is 2. The van der Waals surface area contributed by atoms with Gasteiger partial charge in [-0.3, -0.25) is 24.0 Å². The lowest BCUT2D eigenvalue weighted by atomic mass is 9.80. The summed E-state index contributed by atoms with van der Waals surface area (Å²) in [4.78, 5) is 83.7. The number of fused-ring (bicyclic) bond motifs is 3. The third-order valence-electron chi connectivity index (χ3n) is 13.2. The molecule has 0 aromatic heterocycles. The zero-order valence-electron chi connectivity index (χ0n) is 40.6. The van der Waals surface area contributed by atoms with Crippen molar-refractivity contribution < 1.29 is 24.0 Å². The number of amidine groups is 2. The van der Waals surface area contributed by atoms with Gasteiger partial charge in [-0.15, -0.1) is 0 Å². The van der Waals surface area contributed by atoms with E-state index >= 15 is 0 Å². The number of nitrogens with one attached hydrogen (secondary N) is 1. The van der Waals surface area contributed by atoms with Gasteiger partial charge in [0.15, 0.2) is 5.78 Å². The monoisotopic (exact) mass is 931 g/mol. The summed E-state index contributed by atoms with van der Waals surface area (Å²) in [5.74, 6) is -0.218. The van der Waals surface area contributed by atoms with Crippen molar-refractivity contribution in [1.82, 2.24) is 14.7 Å². The van der Waals surface area contributed by atoms with Crippen LogP contribution in [0.1, 0.15) is 133 Å². The molecule has 3 heterocycles. The topological polar surface area (TPSA) is 184 Å². The fourth-order valence-corrected chi connectivity index (χ4v) is 9.58. The molecule has 7 rings (SSSR count). The summed E-state index contributed by atoms with van der Waals surface area (Å²) in [5, 5.41) is 2.97. The Morgan fingerprint density at radius 3 is 2.00 bits per heavy atom. The number of rotatable bonds is 17. The van der Waals surface area contributed by atoms with Gasteiger partial charge in [0, 0.05) is 103 Å². The molecule has 0 radical (unpaired) electrons. The van der Waals surface area contributed by atoms with E-state index in [1.54, 1.807) is 42.5 Å². The number of nitrogens with zero attached hydrogens (tertiary/aromatic N) is 5. The van der Waals surface area contributed by atoms with Crippen molar-refractivity contribution >= 4 is 70.3 Å². The van der Waals surface area contributed by atoms with Gasteiger partial charge in [0.25, 0.3) is 11.8 Å². The molecule has 0 saturated heterocycles. The molecule has 69 heavy (non-hydrogen) atoms. The second-order valence-electron chi connectivity index (χ2n) is 18.5. The molecule has 360 valence electrons. The molecule has 3 aromatic carbocycles. The van der Waals surface area contributed by atoms with Crippen molar-refractivity contribution in [1.29, 1.82) is 0 Å². The molecule has 4 aliphatic rings. The number of amides is 4. The van der Waals surface area contributed by atoms with Gasteiger partial charge in [-0.25, -0.2) is 9.98 Å². The Labute approximate surface area is 406 Å². The lowest BCUT2D eigenvalue weighted by Crippen LogP contribution is -2.36. The van der Waals surface area contributed by atoms with Crippen molar-refractivity contribution in [3.63, 3.8) is 0 Å². The molecule has 4 amide bonds. The minimum absolute atomic E-state index is 0.0332. The predicted molar refractivity (Wildman–Crippen MR) is 277 cm³/mol. The molecular formula is C56H66N8O5. The average Bonchev–Trinajstić information content (AvgIpc) is 3.62. The van der Waals surface area contributed by atoms with Crippen molar-refractivity contribution in [2.75, 3.05) is 44.6 Å². The summed E-state index contributed by atoms with van der Waals surface area (Å²) in [5.41, 5.74) is 21.6. The van der Waals surface area contributed by atoms with Crippen molar-refractivity contribution in [3.05, 3.63) is 135 Å². The summed E-state index contributed by atoms with van der Waals surface area (Å²) in [6, 6.07) is 16.0. The third kappa shape index (κ3) is 11.9. The summed E-state index contributed by atoms with van der Waals surface area (Å²) < 4.78 is 0. The highest BCUT2D eigenvalue weighted by Gasteiger charge is 2.30. The van der Waals surface area contributed by atoms with Crippen LogP contribution in [0.5, 0.6) is 0 Å². The maximum Gasteiger partial charge on any atom is 0.255 e. The number of aliphatic imine (C=N–C) groups is 2. The number of carbonyl (C=O) groups is 5. The van der Waals surface area contributed by atoms with Gasteiger partial charge in [0.05, 0.1) is 11.4 Å². The SMILES string of the molecule is C=C/C=C\C1=C(C)CCN(C(=O)c2ccc3c(c2)N=C(N)CC(C(=O)N(CCC)CCCC2CCc4ccc(NC(=O)c5ccc6c(c5)N=C(N)CC(C(=O)N(CCC)CCC)=C6)cc4C2=O)=C3)C1. The summed E-state index contributed by atoms with van der Waals surface area (Å²) in [7, 11) is 0. The lowest BCUT2D eigenvalue weighted by Gasteiger charge is -2.29. The van der Waals surface area contributed by atoms with Crippen LogP contribution in [0.4, 0.5) is 17.1 Å². The number of hydrogen-bond acceptors (Lipinski definition) is 9. The van der Waals surface area contributed by atoms with Crippen LogP contribution in [0.2, 0.25) is 0 Å². The van der Waals surface area contributed by atoms with Gasteiger partial charge >= 0.3 is 0 Å². The molecule has 0 spiro atoms. The molecule has 1 unspecified atom stereocenters. The van der Waals surface area contributed by atoms with Crippen LogP contribution in [0.3, 0.4) is 0 Å². The Balaban J connectivity index is 0.975. The Kier molecular flexibility index (Phi) is 16.4. The van der Waals surface area contributed by atoms with E-state index in [9.17, 15) is 24.0 Å². The summed E-state index contributed by atoms with van der Waals surface area (Å²) in [6.45, 7) is 15.5. The van der Waals surface area contributed by atoms with E-state index in [-0.39, 0.29) is 48.2 Å². The third-order valence-corrected chi connectivity index (χ3v) is 13.2. The lowest BCUT2D eigenvalue weighted by molar-refractivity contribution is -0.128. The van der Waals surface area contributed by atoms with Gasteiger partial charge in [0.1, 0.15) is 11.7 Å². The second-order valence-corrected chi connectivity index (χ2v) is 18.5. The number of ketones is 1. The van der Waals surface area contributed by atoms with Crippen LogP contribution in [-0.2, 0) is 16.0 Å². The molecule has 0 fully saturated rings. The van der Waals surface area contributed by atoms with Crippen molar-refractivity contribution in [3.8, 4) is 0 Å². The van der Waals surface area contributed by atoms with E-state index in [2.05, 4.69) is 28.8 Å². The molecule has 0 saturated carbocycles. The Hall–Kier alpha value is -7.15. The fraction of sp³-hybridized carbons (Fsp3) is 0.375. The van der Waals surface area contributed by atoms with Gasteiger partial charge in [-0.05, 0) is 118 Å². The molecule has 1 aliphatic carbocycles. The highest BCUT2D eigenvalue weighted by molar-refractivity contribution is 6.09. The number of aryl methyl sites for hydroxylation is 1. The first-order valence-electron chi connectivity index (χ1n) is 24.5. The van der Waals surface area contributed by atoms with E-state index < -0.39 is 0 Å². The second kappa shape index (κ2) is 22.8. The highest BCUT2D eigenvalue weighted by atomic mass is 16.2. The minimum atomic E-state index is -0.360. The fourth-order valence-electron chi connectivity index (χ4n) is 9.58. The van der Waals surface area contributed by atoms with Crippen LogP contribution < -0.4 is 16.8 Å². The predicted octanol–water partition coefficient (Wildman–Crippen LogP) is 9.51. The van der Waals surface area contributed by atoms with E-state index in [0.717, 1.165) is 48.8 Å². The van der Waals surface area contributed by atoms with Crippen molar-refractivity contribution in [2.24, 2.45) is 27.4 Å². The smallest absolute Gasteiger partial charge is 0.255 e. The standard InChI is InChI=1S/C56H66N8O5/c1-6-10-12-43-35-64(27-22-36(43)5)54(67)42-19-17-40-29-45(33-51(58)61-49(40)31-42)56(69)63(25-9-4)26-11-13-38-15-14-37-20-21-46(34-47(37)52(38)65)59-53(66)41-18-16-39-28-44(32-50(57)60-48(39)30-41)55(68)62(23-7-2)24-8-3/h6,10,12,16-21,28-31,34,38H,1,7-9,11,13-15,22-27,32-33,35H2,2-5H3,(H2,57,60)(H2,58,61)(H,59,66)/b12-10-. The molecule has 0 bridgehead atoms. The number of carbonyl (C=O) groups excluding carboxylic acids is 5.